The van der Waals surface area contributed by atoms with Crippen LogP contribution in [0.15, 0.2) is 30.3 Å². The Bertz CT molecular complexity index is 1170. The number of nitrogens with zero attached hydrogens (tertiary/aromatic N) is 2. The first-order valence-corrected chi connectivity index (χ1v) is 10.7. The number of ether oxygens (including phenoxy) is 2. The van der Waals surface area contributed by atoms with Gasteiger partial charge in [0.2, 0.25) is 0 Å². The molecule has 1 aliphatic rings. The summed E-state index contributed by atoms with van der Waals surface area (Å²) in [5, 5.41) is 0. The maximum Gasteiger partial charge on any atom is 0.415 e. The van der Waals surface area contributed by atoms with Gasteiger partial charge in [0.15, 0.2) is 17.4 Å². The number of nitrogens with one attached hydrogen (secondary N) is 2. The van der Waals surface area contributed by atoms with Crippen molar-refractivity contribution >= 4 is 28.1 Å². The Morgan fingerprint density at radius 3 is 2.66 bits per heavy atom. The fourth-order valence-corrected chi connectivity index (χ4v) is 3.34. The molecule has 0 spiro atoms. The van der Waals surface area contributed by atoms with E-state index >= 15 is 0 Å². The molecule has 2 aromatic rings. The van der Waals surface area contributed by atoms with Crippen LogP contribution in [-0.2, 0) is 23.3 Å². The van der Waals surface area contributed by atoms with Gasteiger partial charge in [0.05, 0.1) is 18.8 Å². The lowest BCUT2D eigenvalue weighted by Gasteiger charge is -2.28. The fourth-order valence-electron chi connectivity index (χ4n) is 2.79. The molecule has 172 valence electrons. The van der Waals surface area contributed by atoms with Crippen molar-refractivity contribution in [2.75, 3.05) is 25.9 Å². The lowest BCUT2D eigenvalue weighted by atomic mass is 10.1. The van der Waals surface area contributed by atoms with E-state index < -0.39 is 39.8 Å². The molecule has 13 heteroatoms. The van der Waals surface area contributed by atoms with E-state index in [-0.39, 0.29) is 35.7 Å². The van der Waals surface area contributed by atoms with Crippen LogP contribution in [0.2, 0.25) is 0 Å². The van der Waals surface area contributed by atoms with E-state index in [4.69, 9.17) is 9.47 Å². The van der Waals surface area contributed by atoms with Crippen LogP contribution < -0.4 is 18.9 Å². The van der Waals surface area contributed by atoms with Crippen molar-refractivity contribution in [2.24, 2.45) is 0 Å². The molecule has 0 bridgehead atoms. The molecule has 1 aliphatic heterocycles. The lowest BCUT2D eigenvalue weighted by molar-refractivity contribution is 0.134. The van der Waals surface area contributed by atoms with Crippen molar-refractivity contribution in [1.29, 1.82) is 0 Å². The average molecular weight is 470 g/mol. The van der Waals surface area contributed by atoms with E-state index in [2.05, 4.69) is 0 Å². The summed E-state index contributed by atoms with van der Waals surface area (Å²) in [6.07, 6.45) is -1.65. The zero-order chi connectivity index (χ0) is 23.6. The maximum atomic E-state index is 14.8. The maximum absolute atomic E-state index is 14.8. The zero-order valence-electron chi connectivity index (χ0n) is 17.3. The zero-order valence-corrected chi connectivity index (χ0v) is 18.1. The van der Waals surface area contributed by atoms with Gasteiger partial charge in [-0.2, -0.15) is 8.42 Å². The molecular formula is C19H20F2N4O6S. The third-order valence-corrected chi connectivity index (χ3v) is 5.47. The van der Waals surface area contributed by atoms with Crippen molar-refractivity contribution in [3.63, 3.8) is 0 Å². The van der Waals surface area contributed by atoms with Crippen LogP contribution in [0.3, 0.4) is 0 Å². The SMILES string of the molecule is CNS(=O)(=O)Nc1cccc(CN2Cc3cc(F)c(OC(=O)N(C)C)cc3OC2=O)c1F. The third kappa shape index (κ3) is 5.06. The van der Waals surface area contributed by atoms with Crippen LogP contribution >= 0.6 is 0 Å². The fraction of sp³-hybridized carbons (Fsp3) is 0.263. The van der Waals surface area contributed by atoms with Crippen molar-refractivity contribution < 1.29 is 36.3 Å². The van der Waals surface area contributed by atoms with Crippen molar-refractivity contribution in [2.45, 2.75) is 13.1 Å². The standard InChI is InChI=1S/C19H20F2N4O6S/c1-22-32(28,29)23-14-6-4-5-11(17(14)21)9-25-10-12-7-13(20)16(31-18(26)24(2)3)8-15(12)30-19(25)27/h4-8,22-23H,9-10H2,1-3H3. The molecule has 10 nitrogen and oxygen atoms in total. The molecule has 2 aromatic carbocycles. The van der Waals surface area contributed by atoms with E-state index in [0.717, 1.165) is 29.0 Å². The second kappa shape index (κ2) is 8.96. The molecule has 32 heavy (non-hydrogen) atoms. The van der Waals surface area contributed by atoms with Gasteiger partial charge >= 0.3 is 12.2 Å². The van der Waals surface area contributed by atoms with Gasteiger partial charge in [-0.05, 0) is 12.1 Å². The minimum atomic E-state index is -3.94. The van der Waals surface area contributed by atoms with Crippen LogP contribution in [0.1, 0.15) is 11.1 Å². The summed E-state index contributed by atoms with van der Waals surface area (Å²) < 4.78 is 66.6. The summed E-state index contributed by atoms with van der Waals surface area (Å²) in [6, 6.07) is 6.17. The first-order chi connectivity index (χ1) is 15.0. The first-order valence-electron chi connectivity index (χ1n) is 9.17. The van der Waals surface area contributed by atoms with E-state index in [0.29, 0.717) is 0 Å². The summed E-state index contributed by atoms with van der Waals surface area (Å²) in [5.41, 5.74) is -0.0149. The van der Waals surface area contributed by atoms with Crippen molar-refractivity contribution in [1.82, 2.24) is 14.5 Å². The highest BCUT2D eigenvalue weighted by Crippen LogP contribution is 2.33. The molecule has 2 amide bonds. The number of carbonyl (C=O) groups excluding carboxylic acids is 2. The van der Waals surface area contributed by atoms with Crippen LogP contribution in [0, 0.1) is 11.6 Å². The van der Waals surface area contributed by atoms with Gasteiger partial charge in [-0.3, -0.25) is 9.62 Å². The van der Waals surface area contributed by atoms with Gasteiger partial charge in [-0.1, -0.05) is 12.1 Å². The van der Waals surface area contributed by atoms with E-state index in [1.807, 2.05) is 9.44 Å². The number of anilines is 1. The molecule has 0 saturated carbocycles. The topological polar surface area (TPSA) is 117 Å². The summed E-state index contributed by atoms with van der Waals surface area (Å²) in [4.78, 5) is 26.3. The average Bonchev–Trinajstić information content (AvgIpc) is 2.72. The van der Waals surface area contributed by atoms with E-state index in [9.17, 15) is 26.8 Å². The first kappa shape index (κ1) is 23.2. The van der Waals surface area contributed by atoms with Crippen LogP contribution in [0.4, 0.5) is 24.1 Å². The molecule has 0 aliphatic carbocycles. The highest BCUT2D eigenvalue weighted by Gasteiger charge is 2.28. The Kier molecular flexibility index (Phi) is 6.50. The number of carbonyl (C=O) groups is 2. The number of benzene rings is 2. The normalized spacial score (nSPS) is 13.3. The molecule has 3 rings (SSSR count). The Morgan fingerprint density at radius 1 is 1.28 bits per heavy atom. The number of halogens is 2. The van der Waals surface area contributed by atoms with Crippen LogP contribution in [-0.4, -0.2) is 51.5 Å². The number of hydrogen-bond donors (Lipinski definition) is 2. The Labute approximate surface area is 182 Å². The van der Waals surface area contributed by atoms with Crippen molar-refractivity contribution in [3.05, 3.63) is 53.1 Å². The Morgan fingerprint density at radius 2 is 2.00 bits per heavy atom. The lowest BCUT2D eigenvalue weighted by Crippen LogP contribution is -2.37. The highest BCUT2D eigenvalue weighted by molar-refractivity contribution is 7.90. The molecule has 0 fully saturated rings. The Balaban J connectivity index is 1.82. The number of hydrogen-bond acceptors (Lipinski definition) is 6. The summed E-state index contributed by atoms with van der Waals surface area (Å²) in [5.74, 6) is -2.11. The molecule has 0 radical (unpaired) electrons. The molecule has 0 atom stereocenters. The van der Waals surface area contributed by atoms with Crippen molar-refractivity contribution in [3.8, 4) is 11.5 Å². The molecule has 2 N–H and O–H groups in total. The highest BCUT2D eigenvalue weighted by atomic mass is 32.2. The van der Waals surface area contributed by atoms with Gasteiger partial charge in [0.1, 0.15) is 5.75 Å². The van der Waals surface area contributed by atoms with Gasteiger partial charge in [-0.15, -0.1) is 0 Å². The summed E-state index contributed by atoms with van der Waals surface area (Å²) >= 11 is 0. The number of amides is 2. The quantitative estimate of drug-likeness (QED) is 0.670. The molecule has 0 aromatic heterocycles. The minimum Gasteiger partial charge on any atom is -0.410 e. The molecule has 1 heterocycles. The largest absolute Gasteiger partial charge is 0.415 e. The Hall–Kier alpha value is -3.45. The predicted octanol–water partition coefficient (Wildman–Crippen LogP) is 2.42. The van der Waals surface area contributed by atoms with Gasteiger partial charge in [0.25, 0.3) is 10.2 Å². The minimum absolute atomic E-state index is 0.00482. The summed E-state index contributed by atoms with van der Waals surface area (Å²) in [6.45, 7) is -0.378. The number of rotatable bonds is 6. The second-order valence-corrected chi connectivity index (χ2v) is 8.58. The molecule has 0 saturated heterocycles. The van der Waals surface area contributed by atoms with Gasteiger partial charge < -0.3 is 14.4 Å². The van der Waals surface area contributed by atoms with E-state index in [1.165, 1.54) is 32.3 Å². The molecular weight excluding hydrogens is 450 g/mol. The number of fused-ring (bicyclic) bond motifs is 1. The van der Waals surface area contributed by atoms with Crippen LogP contribution in [0.5, 0.6) is 11.5 Å². The second-order valence-electron chi connectivity index (χ2n) is 6.97. The predicted molar refractivity (Wildman–Crippen MR) is 109 cm³/mol. The third-order valence-electron chi connectivity index (χ3n) is 4.45. The van der Waals surface area contributed by atoms with Crippen LogP contribution in [0.25, 0.3) is 0 Å². The smallest absolute Gasteiger partial charge is 0.410 e. The monoisotopic (exact) mass is 470 g/mol. The van der Waals surface area contributed by atoms with E-state index in [1.54, 1.807) is 0 Å². The molecule has 0 unspecified atom stereocenters. The summed E-state index contributed by atoms with van der Waals surface area (Å²) in [7, 11) is 0.0695. The van der Waals surface area contributed by atoms with Gasteiger partial charge in [-0.25, -0.2) is 23.1 Å². The van der Waals surface area contributed by atoms with Gasteiger partial charge in [0, 0.05) is 38.3 Å².